The second-order valence-electron chi connectivity index (χ2n) is 9.86. The van der Waals surface area contributed by atoms with Gasteiger partial charge in [-0.15, -0.1) is 11.3 Å². The Bertz CT molecular complexity index is 1220. The number of hydrogen-bond acceptors (Lipinski definition) is 6. The number of carbonyl (C=O) groups is 1. The monoisotopic (exact) mass is 515 g/mol. The number of carbonyl (C=O) groups excluding carboxylic acids is 1. The lowest BCUT2D eigenvalue weighted by atomic mass is 9.74. The summed E-state index contributed by atoms with van der Waals surface area (Å²) in [4.78, 5) is 28.7. The molecular weight excluding hydrogens is 482 g/mol. The molecule has 6 nitrogen and oxygen atoms in total. The molecular formula is C30H33N3O3S. The number of thiophene rings is 1. The van der Waals surface area contributed by atoms with Crippen LogP contribution in [0.3, 0.4) is 0 Å². The zero-order valence-corrected chi connectivity index (χ0v) is 22.5. The number of nitrogens with zero attached hydrogens (tertiary/aromatic N) is 3. The van der Waals surface area contributed by atoms with Crippen LogP contribution in [0.4, 0.5) is 11.4 Å². The fourth-order valence-electron chi connectivity index (χ4n) is 5.02. The second kappa shape index (κ2) is 11.6. The standard InChI is InChI=1S/C30H33N3O3S/c1-31(2)25-12-7-22(8-13-25)27(23-9-14-26(15-10-23)32(3)4)16-11-24-18-21(20-34)19-28(33(35)36)30(24)29-6-5-17-37-29/h5-10,12-18,20,24,28,30H,11,19H2,1-4H3/t24-,28-,30+/m0/s1. The van der Waals surface area contributed by atoms with Crippen LogP contribution in [0.2, 0.25) is 0 Å². The van der Waals surface area contributed by atoms with E-state index in [9.17, 15) is 14.9 Å². The highest BCUT2D eigenvalue weighted by Crippen LogP contribution is 2.42. The lowest BCUT2D eigenvalue weighted by Gasteiger charge is -2.30. The van der Waals surface area contributed by atoms with Crippen LogP contribution < -0.4 is 9.80 Å². The zero-order chi connectivity index (χ0) is 26.5. The summed E-state index contributed by atoms with van der Waals surface area (Å²) in [5.74, 6) is -0.427. The lowest BCUT2D eigenvalue weighted by Crippen LogP contribution is -2.35. The van der Waals surface area contributed by atoms with Crippen molar-refractivity contribution in [3.8, 4) is 0 Å². The molecule has 0 saturated heterocycles. The summed E-state index contributed by atoms with van der Waals surface area (Å²) in [6, 6.07) is 19.9. The summed E-state index contributed by atoms with van der Waals surface area (Å²) >= 11 is 1.55. The first-order valence-electron chi connectivity index (χ1n) is 12.4. The summed E-state index contributed by atoms with van der Waals surface area (Å²) in [5, 5.41) is 14.0. The van der Waals surface area contributed by atoms with Crippen molar-refractivity contribution >= 4 is 34.6 Å². The van der Waals surface area contributed by atoms with E-state index in [4.69, 9.17) is 0 Å². The topological polar surface area (TPSA) is 66.7 Å². The van der Waals surface area contributed by atoms with Crippen molar-refractivity contribution in [1.82, 2.24) is 0 Å². The molecule has 0 fully saturated rings. The third-order valence-corrected chi connectivity index (χ3v) is 8.00. The average molecular weight is 516 g/mol. The summed E-state index contributed by atoms with van der Waals surface area (Å²) in [6.07, 6.45) is 5.67. The molecule has 0 unspecified atom stereocenters. The third-order valence-electron chi connectivity index (χ3n) is 7.03. The molecule has 4 rings (SSSR count). The van der Waals surface area contributed by atoms with Crippen molar-refractivity contribution in [1.29, 1.82) is 0 Å². The molecule has 1 aliphatic rings. The van der Waals surface area contributed by atoms with E-state index in [1.54, 1.807) is 11.3 Å². The minimum absolute atomic E-state index is 0.153. The lowest BCUT2D eigenvalue weighted by molar-refractivity contribution is -0.528. The Morgan fingerprint density at radius 2 is 1.54 bits per heavy atom. The normalized spacial score (nSPS) is 19.0. The van der Waals surface area contributed by atoms with Gasteiger partial charge in [0.25, 0.3) is 0 Å². The predicted molar refractivity (Wildman–Crippen MR) is 153 cm³/mol. The van der Waals surface area contributed by atoms with E-state index in [1.165, 1.54) is 0 Å². The highest BCUT2D eigenvalue weighted by Gasteiger charge is 2.42. The van der Waals surface area contributed by atoms with E-state index in [2.05, 4.69) is 64.4 Å². The number of allylic oxidation sites excluding steroid dienone is 2. The molecule has 37 heavy (non-hydrogen) atoms. The molecule has 0 bridgehead atoms. The minimum atomic E-state index is -0.815. The minimum Gasteiger partial charge on any atom is -0.378 e. The highest BCUT2D eigenvalue weighted by atomic mass is 32.1. The first kappa shape index (κ1) is 26.4. The molecule has 3 aromatic rings. The predicted octanol–water partition coefficient (Wildman–Crippen LogP) is 6.28. The number of nitro groups is 1. The third kappa shape index (κ3) is 6.00. The van der Waals surface area contributed by atoms with Gasteiger partial charge in [0, 0.05) is 55.8 Å². The molecule has 0 amide bonds. The molecule has 1 heterocycles. The van der Waals surface area contributed by atoms with Gasteiger partial charge in [0.05, 0.1) is 5.92 Å². The number of anilines is 2. The fraction of sp³-hybridized carbons (Fsp3) is 0.300. The van der Waals surface area contributed by atoms with Gasteiger partial charge in [-0.2, -0.15) is 0 Å². The highest BCUT2D eigenvalue weighted by molar-refractivity contribution is 7.10. The number of rotatable bonds is 9. The maximum absolute atomic E-state index is 12.1. The molecule has 7 heteroatoms. The molecule has 0 aliphatic heterocycles. The molecule has 0 radical (unpaired) electrons. The first-order valence-corrected chi connectivity index (χ1v) is 13.2. The number of hydrogen-bond donors (Lipinski definition) is 0. The van der Waals surface area contributed by atoms with Crippen LogP contribution >= 0.6 is 11.3 Å². The molecule has 3 atom stereocenters. The van der Waals surface area contributed by atoms with E-state index in [1.807, 2.05) is 51.8 Å². The Balaban J connectivity index is 1.76. The van der Waals surface area contributed by atoms with Gasteiger partial charge >= 0.3 is 0 Å². The van der Waals surface area contributed by atoms with Gasteiger partial charge in [-0.3, -0.25) is 14.9 Å². The van der Waals surface area contributed by atoms with E-state index >= 15 is 0 Å². The van der Waals surface area contributed by atoms with Crippen LogP contribution in [-0.4, -0.2) is 45.4 Å². The van der Waals surface area contributed by atoms with E-state index in [-0.39, 0.29) is 23.2 Å². The van der Waals surface area contributed by atoms with Crippen molar-refractivity contribution in [3.05, 3.63) is 110 Å². The molecule has 1 aliphatic carbocycles. The van der Waals surface area contributed by atoms with Crippen LogP contribution in [0.1, 0.15) is 34.8 Å². The molecule has 192 valence electrons. The van der Waals surface area contributed by atoms with Crippen LogP contribution in [0.5, 0.6) is 0 Å². The molecule has 0 N–H and O–H groups in total. The summed E-state index contributed by atoms with van der Waals surface area (Å²) in [5.41, 5.74) is 5.98. The molecule has 1 aromatic heterocycles. The maximum atomic E-state index is 12.1. The maximum Gasteiger partial charge on any atom is 0.225 e. The van der Waals surface area contributed by atoms with Crippen LogP contribution in [0.25, 0.3) is 5.57 Å². The van der Waals surface area contributed by atoms with Crippen LogP contribution in [0.15, 0.2) is 83.8 Å². The fourth-order valence-corrected chi connectivity index (χ4v) is 5.98. The quantitative estimate of drug-likeness (QED) is 0.191. The summed E-state index contributed by atoms with van der Waals surface area (Å²) in [6.45, 7) is 0. The molecule has 2 aromatic carbocycles. The number of aldehydes is 1. The zero-order valence-electron chi connectivity index (χ0n) is 21.7. The van der Waals surface area contributed by atoms with Gasteiger partial charge in [0.1, 0.15) is 6.29 Å². The Labute approximate surface area is 222 Å². The number of benzene rings is 2. The van der Waals surface area contributed by atoms with Gasteiger partial charge in [0.2, 0.25) is 6.04 Å². The Morgan fingerprint density at radius 1 is 0.973 bits per heavy atom. The Kier molecular flexibility index (Phi) is 8.24. The Morgan fingerprint density at radius 3 is 1.97 bits per heavy atom. The largest absolute Gasteiger partial charge is 0.378 e. The molecule has 0 saturated carbocycles. The van der Waals surface area contributed by atoms with Crippen molar-refractivity contribution in [2.75, 3.05) is 38.0 Å². The summed E-state index contributed by atoms with van der Waals surface area (Å²) in [7, 11) is 8.06. The molecule has 0 spiro atoms. The van der Waals surface area contributed by atoms with E-state index in [0.29, 0.717) is 12.0 Å². The van der Waals surface area contributed by atoms with Crippen molar-refractivity contribution in [2.45, 2.75) is 24.8 Å². The van der Waals surface area contributed by atoms with E-state index < -0.39 is 6.04 Å². The SMILES string of the molecule is CN(C)c1ccc(C(=CC[C@H]2C=C(C=O)C[C@H]([N+](=O)[O-])[C@@H]2c2cccs2)c2ccc(N(C)C)cc2)cc1. The van der Waals surface area contributed by atoms with Gasteiger partial charge in [-0.25, -0.2) is 0 Å². The van der Waals surface area contributed by atoms with Crippen molar-refractivity contribution in [2.24, 2.45) is 5.92 Å². The van der Waals surface area contributed by atoms with Gasteiger partial charge in [0.15, 0.2) is 0 Å². The Hall–Kier alpha value is -3.71. The average Bonchev–Trinajstić information content (AvgIpc) is 3.43. The van der Waals surface area contributed by atoms with Gasteiger partial charge in [-0.05, 0) is 70.3 Å². The van der Waals surface area contributed by atoms with E-state index in [0.717, 1.165) is 39.2 Å². The van der Waals surface area contributed by atoms with Gasteiger partial charge < -0.3 is 9.80 Å². The van der Waals surface area contributed by atoms with Crippen molar-refractivity contribution in [3.63, 3.8) is 0 Å². The second-order valence-corrected chi connectivity index (χ2v) is 10.8. The first-order chi connectivity index (χ1) is 17.8. The summed E-state index contributed by atoms with van der Waals surface area (Å²) < 4.78 is 0. The van der Waals surface area contributed by atoms with Crippen molar-refractivity contribution < 1.29 is 9.72 Å². The van der Waals surface area contributed by atoms with Gasteiger partial charge in [-0.1, -0.05) is 42.5 Å². The van der Waals surface area contributed by atoms with Crippen LogP contribution in [0, 0.1) is 16.0 Å². The van der Waals surface area contributed by atoms with Crippen LogP contribution in [-0.2, 0) is 4.79 Å². The smallest absolute Gasteiger partial charge is 0.225 e.